The maximum atomic E-state index is 10.7. The van der Waals surface area contributed by atoms with E-state index < -0.39 is 5.54 Å². The molecule has 0 unspecified atom stereocenters. The van der Waals surface area contributed by atoms with Crippen LogP contribution in [0.5, 0.6) is 5.75 Å². The van der Waals surface area contributed by atoms with Gasteiger partial charge in [-0.1, -0.05) is 25.4 Å². The van der Waals surface area contributed by atoms with Crippen LogP contribution in [0.25, 0.3) is 0 Å². The molecule has 3 nitrogen and oxygen atoms in total. The number of aliphatic imine (C=N–C) groups is 1. The summed E-state index contributed by atoms with van der Waals surface area (Å²) in [5.74, 6) is 1.08. The molecule has 0 aliphatic heterocycles. The van der Waals surface area contributed by atoms with Crippen LogP contribution in [0.3, 0.4) is 0 Å². The van der Waals surface area contributed by atoms with Crippen molar-refractivity contribution in [3.63, 3.8) is 0 Å². The number of isocyanates is 1. The zero-order valence-corrected chi connectivity index (χ0v) is 12.3. The number of rotatable bonds is 4. The third-order valence-electron chi connectivity index (χ3n) is 3.88. The van der Waals surface area contributed by atoms with E-state index in [-0.39, 0.29) is 0 Å². The van der Waals surface area contributed by atoms with Crippen molar-refractivity contribution >= 4 is 17.7 Å². The first-order valence-corrected chi connectivity index (χ1v) is 6.89. The lowest BCUT2D eigenvalue weighted by molar-refractivity contribution is 0.246. The fourth-order valence-corrected chi connectivity index (χ4v) is 2.97. The summed E-state index contributed by atoms with van der Waals surface area (Å²) in [5.41, 5.74) is 1.47. The fourth-order valence-electron chi connectivity index (χ4n) is 2.58. The molecular formula is C15H18ClNO2. The standard InChI is InChI=1S/C15H18ClNO2/c1-10(2)11-7-14(19-3)12(8-13(11)16)15(17-9-18)5-4-6-15/h7-8,10H,4-6H2,1-3H3. The van der Waals surface area contributed by atoms with Crippen LogP contribution < -0.4 is 4.74 Å². The van der Waals surface area contributed by atoms with Gasteiger partial charge in [0.15, 0.2) is 0 Å². The summed E-state index contributed by atoms with van der Waals surface area (Å²) >= 11 is 6.34. The van der Waals surface area contributed by atoms with Gasteiger partial charge in [-0.2, -0.15) is 4.99 Å². The average molecular weight is 280 g/mol. The van der Waals surface area contributed by atoms with Crippen molar-refractivity contribution in [3.8, 4) is 5.75 Å². The van der Waals surface area contributed by atoms with Gasteiger partial charge in [-0.25, -0.2) is 4.79 Å². The van der Waals surface area contributed by atoms with E-state index in [0.29, 0.717) is 10.9 Å². The molecule has 102 valence electrons. The molecule has 0 spiro atoms. The van der Waals surface area contributed by atoms with Crippen LogP contribution >= 0.6 is 11.6 Å². The van der Waals surface area contributed by atoms with Gasteiger partial charge >= 0.3 is 0 Å². The predicted molar refractivity (Wildman–Crippen MR) is 75.7 cm³/mol. The molecule has 1 aliphatic rings. The Morgan fingerprint density at radius 3 is 2.53 bits per heavy atom. The zero-order chi connectivity index (χ0) is 14.0. The summed E-state index contributed by atoms with van der Waals surface area (Å²) in [7, 11) is 1.63. The van der Waals surface area contributed by atoms with Crippen molar-refractivity contribution in [2.24, 2.45) is 4.99 Å². The topological polar surface area (TPSA) is 38.7 Å². The fraction of sp³-hybridized carbons (Fsp3) is 0.533. The van der Waals surface area contributed by atoms with E-state index in [2.05, 4.69) is 18.8 Å². The lowest BCUT2D eigenvalue weighted by atomic mass is 9.71. The lowest BCUT2D eigenvalue weighted by Crippen LogP contribution is -2.32. The van der Waals surface area contributed by atoms with Gasteiger partial charge in [0.2, 0.25) is 6.08 Å². The quantitative estimate of drug-likeness (QED) is 0.612. The number of hydrogen-bond acceptors (Lipinski definition) is 3. The molecule has 1 aliphatic carbocycles. The Bertz CT molecular complexity index is 529. The van der Waals surface area contributed by atoms with Gasteiger partial charge in [0.05, 0.1) is 7.11 Å². The Morgan fingerprint density at radius 2 is 2.11 bits per heavy atom. The molecule has 0 atom stereocenters. The molecule has 1 saturated carbocycles. The van der Waals surface area contributed by atoms with E-state index in [1.807, 2.05) is 12.1 Å². The molecule has 4 heteroatoms. The van der Waals surface area contributed by atoms with Crippen molar-refractivity contribution in [1.82, 2.24) is 0 Å². The number of carbonyl (C=O) groups excluding carboxylic acids is 1. The van der Waals surface area contributed by atoms with Crippen LogP contribution in [0.1, 0.15) is 50.2 Å². The number of hydrogen-bond donors (Lipinski definition) is 0. The lowest BCUT2D eigenvalue weighted by Gasteiger charge is -2.38. The average Bonchev–Trinajstić information content (AvgIpc) is 2.33. The molecule has 0 saturated heterocycles. The molecule has 0 heterocycles. The van der Waals surface area contributed by atoms with E-state index in [4.69, 9.17) is 16.3 Å². The minimum Gasteiger partial charge on any atom is -0.496 e. The number of halogens is 1. The zero-order valence-electron chi connectivity index (χ0n) is 11.5. The molecule has 0 amide bonds. The van der Waals surface area contributed by atoms with Crippen LogP contribution in [-0.4, -0.2) is 13.2 Å². The highest BCUT2D eigenvalue weighted by Crippen LogP contribution is 2.49. The van der Waals surface area contributed by atoms with Crippen LogP contribution in [0.4, 0.5) is 0 Å². The van der Waals surface area contributed by atoms with Gasteiger partial charge < -0.3 is 4.74 Å². The molecule has 0 aromatic heterocycles. The number of ether oxygens (including phenoxy) is 1. The third-order valence-corrected chi connectivity index (χ3v) is 4.21. The minimum absolute atomic E-state index is 0.322. The van der Waals surface area contributed by atoms with Crippen molar-refractivity contribution in [2.75, 3.05) is 7.11 Å². The Morgan fingerprint density at radius 1 is 1.42 bits per heavy atom. The Labute approximate surface area is 118 Å². The third kappa shape index (κ3) is 2.41. The normalized spacial score (nSPS) is 16.7. The molecule has 1 aromatic rings. The van der Waals surface area contributed by atoms with Crippen molar-refractivity contribution in [1.29, 1.82) is 0 Å². The Balaban J connectivity index is 2.57. The smallest absolute Gasteiger partial charge is 0.235 e. The van der Waals surface area contributed by atoms with Gasteiger partial charge in [-0.15, -0.1) is 0 Å². The first kappa shape index (κ1) is 14.1. The second-order valence-electron chi connectivity index (χ2n) is 5.32. The largest absolute Gasteiger partial charge is 0.496 e. The summed E-state index contributed by atoms with van der Waals surface area (Å²) in [6.45, 7) is 4.17. The number of nitrogens with zero attached hydrogens (tertiary/aromatic N) is 1. The first-order chi connectivity index (χ1) is 9.04. The second-order valence-corrected chi connectivity index (χ2v) is 5.72. The summed E-state index contributed by atoms with van der Waals surface area (Å²) in [4.78, 5) is 14.7. The molecule has 19 heavy (non-hydrogen) atoms. The summed E-state index contributed by atoms with van der Waals surface area (Å²) < 4.78 is 5.47. The molecule has 0 bridgehead atoms. The summed E-state index contributed by atoms with van der Waals surface area (Å²) in [6, 6.07) is 3.86. The van der Waals surface area contributed by atoms with Gasteiger partial charge in [-0.3, -0.25) is 0 Å². The van der Waals surface area contributed by atoms with Gasteiger partial charge in [0.25, 0.3) is 0 Å². The first-order valence-electron chi connectivity index (χ1n) is 6.51. The summed E-state index contributed by atoms with van der Waals surface area (Å²) in [5, 5.41) is 0.707. The number of benzene rings is 1. The monoisotopic (exact) mass is 279 g/mol. The molecule has 1 fully saturated rings. The van der Waals surface area contributed by atoms with Crippen LogP contribution in [0, 0.1) is 0 Å². The van der Waals surface area contributed by atoms with E-state index in [0.717, 1.165) is 36.1 Å². The van der Waals surface area contributed by atoms with E-state index >= 15 is 0 Å². The molecule has 2 rings (SSSR count). The van der Waals surface area contributed by atoms with Gasteiger partial charge in [0.1, 0.15) is 11.3 Å². The maximum Gasteiger partial charge on any atom is 0.235 e. The Kier molecular flexibility index (Phi) is 3.98. The molecule has 1 aromatic carbocycles. The summed E-state index contributed by atoms with van der Waals surface area (Å²) in [6.07, 6.45) is 4.43. The van der Waals surface area contributed by atoms with Crippen molar-refractivity contribution in [3.05, 3.63) is 28.3 Å². The van der Waals surface area contributed by atoms with Crippen molar-refractivity contribution < 1.29 is 9.53 Å². The van der Waals surface area contributed by atoms with Crippen molar-refractivity contribution in [2.45, 2.75) is 44.6 Å². The van der Waals surface area contributed by atoms with E-state index in [9.17, 15) is 4.79 Å². The van der Waals surface area contributed by atoms with Crippen LogP contribution in [0.15, 0.2) is 17.1 Å². The predicted octanol–water partition coefficient (Wildman–Crippen LogP) is 4.19. The van der Waals surface area contributed by atoms with Crippen LogP contribution in [0.2, 0.25) is 5.02 Å². The van der Waals surface area contributed by atoms with Gasteiger partial charge in [-0.05, 0) is 42.9 Å². The second kappa shape index (κ2) is 5.36. The minimum atomic E-state index is -0.480. The molecule has 0 N–H and O–H groups in total. The van der Waals surface area contributed by atoms with E-state index in [1.165, 1.54) is 0 Å². The maximum absolute atomic E-state index is 10.7. The Hall–Kier alpha value is -1.31. The van der Waals surface area contributed by atoms with Crippen LogP contribution in [-0.2, 0) is 10.3 Å². The number of methoxy groups -OCH3 is 1. The van der Waals surface area contributed by atoms with E-state index in [1.54, 1.807) is 13.2 Å². The highest BCUT2D eigenvalue weighted by atomic mass is 35.5. The highest BCUT2D eigenvalue weighted by Gasteiger charge is 2.41. The SMILES string of the molecule is COc1cc(C(C)C)c(Cl)cc1C1(N=C=O)CCC1. The van der Waals surface area contributed by atoms with Gasteiger partial charge in [0, 0.05) is 10.6 Å². The molecule has 0 radical (unpaired) electrons. The highest BCUT2D eigenvalue weighted by molar-refractivity contribution is 6.31. The molecular weight excluding hydrogens is 262 g/mol.